The summed E-state index contributed by atoms with van der Waals surface area (Å²) < 4.78 is 0. The van der Waals surface area contributed by atoms with Gasteiger partial charge in [-0.15, -0.1) is 0 Å². The maximum absolute atomic E-state index is 11.9. The highest BCUT2D eigenvalue weighted by Crippen LogP contribution is 2.09. The van der Waals surface area contributed by atoms with Gasteiger partial charge in [-0.05, 0) is 30.2 Å². The molecular weight excluding hydrogens is 240 g/mol. The Kier molecular flexibility index (Phi) is 13.5. The van der Waals surface area contributed by atoms with Crippen molar-refractivity contribution < 1.29 is 4.79 Å². The van der Waals surface area contributed by atoms with Gasteiger partial charge in [0.1, 0.15) is 11.5 Å². The van der Waals surface area contributed by atoms with Crippen LogP contribution in [0, 0.1) is 0 Å². The largest absolute Gasteiger partial charge is 0.294 e. The molecule has 0 aliphatic heterocycles. The molecule has 0 aromatic rings. The van der Waals surface area contributed by atoms with Gasteiger partial charge in [-0.25, -0.2) is 0 Å². The first-order chi connectivity index (χ1) is 8.74. The average molecular weight is 274 g/mol. The van der Waals surface area contributed by atoms with Crippen LogP contribution in [0.15, 0.2) is 0 Å². The van der Waals surface area contributed by atoms with E-state index in [9.17, 15) is 4.79 Å². The van der Waals surface area contributed by atoms with Crippen molar-refractivity contribution in [2.24, 2.45) is 0 Å². The summed E-state index contributed by atoms with van der Waals surface area (Å²) in [6, 6.07) is 0. The number of unbranched alkanes of at least 4 members (excludes halogenated alkanes) is 5. The lowest BCUT2D eigenvalue weighted by Crippen LogP contribution is -2.22. The summed E-state index contributed by atoms with van der Waals surface area (Å²) >= 11 is 0. The summed E-state index contributed by atoms with van der Waals surface area (Å²) in [7, 11) is 0.389. The number of carbonyl (C=O) groups excluding carboxylic acids is 1. The molecule has 0 bridgehead atoms. The molecule has 0 saturated heterocycles. The van der Waals surface area contributed by atoms with Crippen LogP contribution in [0.4, 0.5) is 0 Å². The van der Waals surface area contributed by atoms with Crippen molar-refractivity contribution in [2.75, 3.05) is 17.3 Å². The zero-order chi connectivity index (χ0) is 13.6. The van der Waals surface area contributed by atoms with Crippen LogP contribution in [0.2, 0.25) is 0 Å². The lowest BCUT2D eigenvalue weighted by Gasteiger charge is -2.07. The second-order valence-electron chi connectivity index (χ2n) is 5.22. The van der Waals surface area contributed by atoms with Gasteiger partial charge in [0, 0.05) is 6.42 Å². The van der Waals surface area contributed by atoms with Crippen LogP contribution in [0.5, 0.6) is 0 Å². The molecule has 0 aromatic heterocycles. The number of Topliss-reactive ketones (excluding diaryl/α,β-unsaturated/α-hetero) is 1. The van der Waals surface area contributed by atoms with Crippen molar-refractivity contribution >= 4 is 16.7 Å². The quantitative estimate of drug-likeness (QED) is 0.350. The minimum absolute atomic E-state index is 0.389. The van der Waals surface area contributed by atoms with Crippen molar-refractivity contribution in [2.45, 2.75) is 78.6 Å². The molecule has 0 spiro atoms. The standard InChI is InChI=1S/C16H33OS/c1-4-7-10-11-12-16(17)15-18(13-8-5-2)14-9-6-3/h4-15H2,1-3H3/q+1. The maximum Gasteiger partial charge on any atom is 0.181 e. The van der Waals surface area contributed by atoms with Crippen molar-refractivity contribution in [3.63, 3.8) is 0 Å². The van der Waals surface area contributed by atoms with Gasteiger partial charge < -0.3 is 0 Å². The smallest absolute Gasteiger partial charge is 0.181 e. The van der Waals surface area contributed by atoms with Crippen molar-refractivity contribution in [3.8, 4) is 0 Å². The summed E-state index contributed by atoms with van der Waals surface area (Å²) in [5, 5.41) is 0. The minimum Gasteiger partial charge on any atom is -0.294 e. The first-order valence-electron chi connectivity index (χ1n) is 7.90. The van der Waals surface area contributed by atoms with Gasteiger partial charge in [0.05, 0.1) is 0 Å². The number of hydrogen-bond donors (Lipinski definition) is 0. The average Bonchev–Trinajstić information content (AvgIpc) is 2.38. The normalized spacial score (nSPS) is 11.1. The molecule has 2 heteroatoms. The number of ketones is 1. The molecule has 0 heterocycles. The molecule has 0 amide bonds. The van der Waals surface area contributed by atoms with E-state index in [1.807, 2.05) is 0 Å². The van der Waals surface area contributed by atoms with Crippen LogP contribution in [0.3, 0.4) is 0 Å². The topological polar surface area (TPSA) is 17.1 Å². The molecule has 0 rings (SSSR count). The number of hydrogen-bond acceptors (Lipinski definition) is 1. The first-order valence-corrected chi connectivity index (χ1v) is 9.63. The fourth-order valence-electron chi connectivity index (χ4n) is 1.99. The highest BCUT2D eigenvalue weighted by Gasteiger charge is 2.20. The van der Waals surface area contributed by atoms with Gasteiger partial charge in [-0.3, -0.25) is 4.79 Å². The fraction of sp³-hybridized carbons (Fsp3) is 0.938. The SMILES string of the molecule is CCCCCCC(=O)C[S+](CCCC)CCCC. The molecule has 0 aliphatic carbocycles. The Balaban J connectivity index is 3.78. The Morgan fingerprint density at radius 2 is 1.33 bits per heavy atom. The third kappa shape index (κ3) is 11.1. The van der Waals surface area contributed by atoms with Gasteiger partial charge >= 0.3 is 0 Å². The van der Waals surface area contributed by atoms with Gasteiger partial charge in [-0.2, -0.15) is 0 Å². The predicted octanol–water partition coefficient (Wildman–Crippen LogP) is 4.74. The Hall–Kier alpha value is 0.0200. The number of rotatable bonds is 13. The van der Waals surface area contributed by atoms with Crippen LogP contribution < -0.4 is 0 Å². The minimum atomic E-state index is 0.389. The van der Waals surface area contributed by atoms with Crippen molar-refractivity contribution in [3.05, 3.63) is 0 Å². The Morgan fingerprint density at radius 3 is 1.83 bits per heavy atom. The lowest BCUT2D eigenvalue weighted by molar-refractivity contribution is -0.116. The zero-order valence-corrected chi connectivity index (χ0v) is 13.6. The summed E-state index contributed by atoms with van der Waals surface area (Å²) in [5.74, 6) is 3.99. The Bertz CT molecular complexity index is 184. The zero-order valence-electron chi connectivity index (χ0n) is 12.8. The molecule has 108 valence electrons. The highest BCUT2D eigenvalue weighted by atomic mass is 32.2. The summed E-state index contributed by atoms with van der Waals surface area (Å²) in [6.07, 6.45) is 10.9. The van der Waals surface area contributed by atoms with Gasteiger partial charge in [0.25, 0.3) is 0 Å². The predicted molar refractivity (Wildman–Crippen MR) is 85.5 cm³/mol. The molecule has 18 heavy (non-hydrogen) atoms. The Labute approximate surface area is 117 Å². The van der Waals surface area contributed by atoms with Crippen molar-refractivity contribution in [1.29, 1.82) is 0 Å². The van der Waals surface area contributed by atoms with Gasteiger partial charge in [0.15, 0.2) is 11.5 Å². The third-order valence-electron chi connectivity index (χ3n) is 3.25. The van der Waals surface area contributed by atoms with Gasteiger partial charge in [0.2, 0.25) is 0 Å². The van der Waals surface area contributed by atoms with Gasteiger partial charge in [-0.1, -0.05) is 52.9 Å². The van der Waals surface area contributed by atoms with Crippen molar-refractivity contribution in [1.82, 2.24) is 0 Å². The van der Waals surface area contributed by atoms with E-state index in [4.69, 9.17) is 0 Å². The molecule has 0 saturated carbocycles. The molecule has 0 fully saturated rings. The molecular formula is C16H33OS+. The van der Waals surface area contributed by atoms with E-state index in [2.05, 4.69) is 20.8 Å². The van der Waals surface area contributed by atoms with E-state index in [1.165, 1.54) is 56.5 Å². The summed E-state index contributed by atoms with van der Waals surface area (Å²) in [5.41, 5.74) is 0. The van der Waals surface area contributed by atoms with E-state index < -0.39 is 0 Å². The number of carbonyl (C=O) groups is 1. The summed E-state index contributed by atoms with van der Waals surface area (Å²) in [4.78, 5) is 11.9. The van der Waals surface area contributed by atoms with E-state index >= 15 is 0 Å². The van der Waals surface area contributed by atoms with E-state index in [-0.39, 0.29) is 0 Å². The second kappa shape index (κ2) is 13.5. The second-order valence-corrected chi connectivity index (χ2v) is 7.55. The molecule has 0 aromatic carbocycles. The van der Waals surface area contributed by atoms with Crippen LogP contribution in [0.25, 0.3) is 0 Å². The maximum atomic E-state index is 11.9. The van der Waals surface area contributed by atoms with E-state index in [0.29, 0.717) is 16.7 Å². The molecule has 1 nitrogen and oxygen atoms in total. The first kappa shape index (κ1) is 18.0. The molecule has 0 unspecified atom stereocenters. The van der Waals surface area contributed by atoms with Crippen LogP contribution in [-0.2, 0) is 15.7 Å². The molecule has 0 atom stereocenters. The van der Waals surface area contributed by atoms with Crippen LogP contribution in [-0.4, -0.2) is 23.0 Å². The highest BCUT2D eigenvalue weighted by molar-refractivity contribution is 7.97. The molecule has 0 N–H and O–H groups in total. The summed E-state index contributed by atoms with van der Waals surface area (Å²) in [6.45, 7) is 6.70. The van der Waals surface area contributed by atoms with Crippen LogP contribution in [0.1, 0.15) is 78.6 Å². The molecule has 0 radical (unpaired) electrons. The molecule has 0 aliphatic rings. The van der Waals surface area contributed by atoms with Crippen LogP contribution >= 0.6 is 0 Å². The lowest BCUT2D eigenvalue weighted by atomic mass is 10.1. The Morgan fingerprint density at radius 1 is 0.778 bits per heavy atom. The fourth-order valence-corrected chi connectivity index (χ4v) is 4.48. The van der Waals surface area contributed by atoms with E-state index in [0.717, 1.165) is 18.6 Å². The monoisotopic (exact) mass is 273 g/mol. The third-order valence-corrected chi connectivity index (χ3v) is 5.71. The van der Waals surface area contributed by atoms with E-state index in [1.54, 1.807) is 0 Å².